The van der Waals surface area contributed by atoms with E-state index in [-0.39, 0.29) is 18.9 Å². The molecule has 21 heavy (non-hydrogen) atoms. The maximum absolute atomic E-state index is 12.1. The third-order valence-electron chi connectivity index (χ3n) is 3.92. The van der Waals surface area contributed by atoms with Gasteiger partial charge in [0.1, 0.15) is 0 Å². The Bertz CT molecular complexity index is 593. The summed E-state index contributed by atoms with van der Waals surface area (Å²) in [5.74, 6) is -0.169. The summed E-state index contributed by atoms with van der Waals surface area (Å²) in [7, 11) is -3.49. The predicted octanol–water partition coefficient (Wildman–Crippen LogP) is 1.78. The third kappa shape index (κ3) is 5.12. The smallest absolute Gasteiger partial charge is 0.215 e. The zero-order valence-corrected chi connectivity index (χ0v) is 13.3. The van der Waals surface area contributed by atoms with E-state index < -0.39 is 15.4 Å². The number of hydrogen-bond acceptors (Lipinski definition) is 4. The van der Waals surface area contributed by atoms with Gasteiger partial charge in [0.25, 0.3) is 0 Å². The van der Waals surface area contributed by atoms with Crippen molar-refractivity contribution in [2.24, 2.45) is 5.41 Å². The number of nitrogens with one attached hydrogen (secondary N) is 1. The van der Waals surface area contributed by atoms with Gasteiger partial charge < -0.3 is 5.11 Å². The number of hydrogen-bond donors (Lipinski definition) is 2. The van der Waals surface area contributed by atoms with E-state index in [1.165, 1.54) is 0 Å². The minimum Gasteiger partial charge on any atom is -0.396 e. The molecule has 0 aliphatic rings. The van der Waals surface area contributed by atoms with Gasteiger partial charge in [-0.05, 0) is 30.5 Å². The van der Waals surface area contributed by atoms with Crippen LogP contribution in [0.25, 0.3) is 0 Å². The maximum atomic E-state index is 12.1. The van der Waals surface area contributed by atoms with Crippen LogP contribution < -0.4 is 4.72 Å². The van der Waals surface area contributed by atoms with Crippen molar-refractivity contribution < 1.29 is 13.5 Å². The average molecular weight is 310 g/mol. The lowest BCUT2D eigenvalue weighted by molar-refractivity contribution is 0.119. The quantitative estimate of drug-likeness (QED) is 0.765. The first-order chi connectivity index (χ1) is 9.90. The summed E-state index contributed by atoms with van der Waals surface area (Å²) in [6.45, 7) is 4.04. The molecule has 0 spiro atoms. The molecule has 0 radical (unpaired) electrons. The second-order valence-electron chi connectivity index (χ2n) is 5.26. The summed E-state index contributed by atoms with van der Waals surface area (Å²) >= 11 is 0. The number of nitriles is 1. The van der Waals surface area contributed by atoms with Gasteiger partial charge in [-0.1, -0.05) is 26.0 Å². The Morgan fingerprint density at radius 3 is 2.52 bits per heavy atom. The van der Waals surface area contributed by atoms with Crippen molar-refractivity contribution in [1.29, 1.82) is 5.26 Å². The van der Waals surface area contributed by atoms with E-state index in [1.807, 2.05) is 19.9 Å². The van der Waals surface area contributed by atoms with E-state index in [9.17, 15) is 13.5 Å². The van der Waals surface area contributed by atoms with Gasteiger partial charge in [0, 0.05) is 18.6 Å². The summed E-state index contributed by atoms with van der Waals surface area (Å²) in [4.78, 5) is 0. The normalized spacial score (nSPS) is 12.1. The first kappa shape index (κ1) is 17.6. The van der Waals surface area contributed by atoms with Crippen LogP contribution in [-0.4, -0.2) is 26.7 Å². The van der Waals surface area contributed by atoms with Crippen LogP contribution >= 0.6 is 0 Å². The van der Waals surface area contributed by atoms with Gasteiger partial charge >= 0.3 is 0 Å². The number of nitrogens with zero attached hydrogens (tertiary/aromatic N) is 1. The molecule has 0 fully saturated rings. The molecular weight excluding hydrogens is 288 g/mol. The fourth-order valence-electron chi connectivity index (χ4n) is 2.04. The summed E-state index contributed by atoms with van der Waals surface area (Å²) in [6, 6.07) is 8.54. The largest absolute Gasteiger partial charge is 0.396 e. The van der Waals surface area contributed by atoms with Gasteiger partial charge in [0.2, 0.25) is 10.0 Å². The second-order valence-corrected chi connectivity index (χ2v) is 7.06. The first-order valence-corrected chi connectivity index (χ1v) is 8.63. The van der Waals surface area contributed by atoms with Crippen LogP contribution in [0.3, 0.4) is 0 Å². The maximum Gasteiger partial charge on any atom is 0.215 e. The second kappa shape index (κ2) is 7.55. The van der Waals surface area contributed by atoms with E-state index in [2.05, 4.69) is 4.72 Å². The standard InChI is InChI=1S/C15H22N2O3S/c1-3-15(4-2,12-18)11-17-21(19,20)10-14-7-5-6-13(8-14)9-16/h5-8,17-18H,3-4,10-12H2,1-2H3. The molecule has 0 bridgehead atoms. The molecule has 0 aliphatic heterocycles. The summed E-state index contributed by atoms with van der Waals surface area (Å²) in [5.41, 5.74) is 0.598. The fourth-order valence-corrected chi connectivity index (χ4v) is 3.29. The zero-order valence-electron chi connectivity index (χ0n) is 12.5. The van der Waals surface area contributed by atoms with Gasteiger partial charge in [-0.3, -0.25) is 0 Å². The molecule has 0 atom stereocenters. The first-order valence-electron chi connectivity index (χ1n) is 6.97. The van der Waals surface area contributed by atoms with Gasteiger partial charge in [-0.2, -0.15) is 5.26 Å². The topological polar surface area (TPSA) is 90.2 Å². The molecule has 1 aromatic carbocycles. The highest BCUT2D eigenvalue weighted by Gasteiger charge is 2.27. The number of rotatable bonds is 8. The Balaban J connectivity index is 2.76. The van der Waals surface area contributed by atoms with Gasteiger partial charge in [0.15, 0.2) is 0 Å². The van der Waals surface area contributed by atoms with Crippen molar-refractivity contribution in [2.75, 3.05) is 13.2 Å². The predicted molar refractivity (Wildman–Crippen MR) is 81.9 cm³/mol. The molecule has 0 saturated carbocycles. The molecule has 0 amide bonds. The molecule has 116 valence electrons. The van der Waals surface area contributed by atoms with Crippen molar-refractivity contribution in [1.82, 2.24) is 4.72 Å². The van der Waals surface area contributed by atoms with E-state index in [0.29, 0.717) is 24.0 Å². The van der Waals surface area contributed by atoms with Crippen LogP contribution in [-0.2, 0) is 15.8 Å². The van der Waals surface area contributed by atoms with E-state index in [4.69, 9.17) is 5.26 Å². The fraction of sp³-hybridized carbons (Fsp3) is 0.533. The molecule has 0 unspecified atom stereocenters. The molecule has 6 heteroatoms. The molecule has 5 nitrogen and oxygen atoms in total. The molecule has 1 aromatic rings. The molecule has 0 aliphatic carbocycles. The molecule has 2 N–H and O–H groups in total. The van der Waals surface area contributed by atoms with E-state index >= 15 is 0 Å². The van der Waals surface area contributed by atoms with Crippen molar-refractivity contribution >= 4 is 10.0 Å². The molecule has 1 rings (SSSR count). The summed E-state index contributed by atoms with van der Waals surface area (Å²) < 4.78 is 26.8. The Kier molecular flexibility index (Phi) is 6.34. The summed E-state index contributed by atoms with van der Waals surface area (Å²) in [6.07, 6.45) is 1.40. The lowest BCUT2D eigenvalue weighted by Crippen LogP contribution is -2.39. The van der Waals surface area contributed by atoms with Crippen molar-refractivity contribution in [3.63, 3.8) is 0 Å². The Morgan fingerprint density at radius 1 is 1.33 bits per heavy atom. The molecule has 0 heterocycles. The van der Waals surface area contributed by atoms with Crippen LogP contribution in [0.2, 0.25) is 0 Å². The molecular formula is C15H22N2O3S. The van der Waals surface area contributed by atoms with Crippen LogP contribution in [0.1, 0.15) is 37.8 Å². The van der Waals surface area contributed by atoms with Crippen LogP contribution in [0.15, 0.2) is 24.3 Å². The van der Waals surface area contributed by atoms with Crippen LogP contribution in [0, 0.1) is 16.7 Å². The lowest BCUT2D eigenvalue weighted by atomic mass is 9.84. The van der Waals surface area contributed by atoms with Crippen LogP contribution in [0.5, 0.6) is 0 Å². The number of aliphatic hydroxyl groups is 1. The average Bonchev–Trinajstić information content (AvgIpc) is 2.49. The Hall–Kier alpha value is -1.42. The highest BCUT2D eigenvalue weighted by molar-refractivity contribution is 7.88. The number of sulfonamides is 1. The van der Waals surface area contributed by atoms with E-state index in [0.717, 1.165) is 0 Å². The number of benzene rings is 1. The van der Waals surface area contributed by atoms with Crippen LogP contribution in [0.4, 0.5) is 0 Å². The van der Waals surface area contributed by atoms with Gasteiger partial charge in [-0.25, -0.2) is 13.1 Å². The van der Waals surface area contributed by atoms with Crippen molar-refractivity contribution in [3.05, 3.63) is 35.4 Å². The third-order valence-corrected chi connectivity index (χ3v) is 5.21. The zero-order chi connectivity index (χ0) is 15.9. The van der Waals surface area contributed by atoms with Crippen molar-refractivity contribution in [3.8, 4) is 6.07 Å². The Morgan fingerprint density at radius 2 is 2.00 bits per heavy atom. The number of aliphatic hydroxyl groups excluding tert-OH is 1. The highest BCUT2D eigenvalue weighted by atomic mass is 32.2. The summed E-state index contributed by atoms with van der Waals surface area (Å²) in [5, 5.41) is 18.3. The minimum absolute atomic E-state index is 0.0492. The molecule has 0 aromatic heterocycles. The van der Waals surface area contributed by atoms with Crippen molar-refractivity contribution in [2.45, 2.75) is 32.4 Å². The minimum atomic E-state index is -3.49. The Labute approximate surface area is 126 Å². The SMILES string of the molecule is CCC(CC)(CO)CNS(=O)(=O)Cc1cccc(C#N)c1. The monoisotopic (exact) mass is 310 g/mol. The lowest BCUT2D eigenvalue weighted by Gasteiger charge is -2.29. The van der Waals surface area contributed by atoms with E-state index in [1.54, 1.807) is 24.3 Å². The highest BCUT2D eigenvalue weighted by Crippen LogP contribution is 2.24. The van der Waals surface area contributed by atoms with Gasteiger partial charge in [0.05, 0.1) is 17.4 Å². The van der Waals surface area contributed by atoms with Gasteiger partial charge in [-0.15, -0.1) is 0 Å². The molecule has 0 saturated heterocycles.